The average Bonchev–Trinajstić information content (AvgIpc) is 3.16. The topological polar surface area (TPSA) is 73.7 Å². The number of nitrogens with zero attached hydrogens (tertiary/aromatic N) is 3. The summed E-state index contributed by atoms with van der Waals surface area (Å²) in [4.78, 5) is 18.1. The van der Waals surface area contributed by atoms with Crippen molar-refractivity contribution in [3.8, 4) is 0 Å². The Morgan fingerprint density at radius 3 is 2.66 bits per heavy atom. The minimum atomic E-state index is -0.0249. The van der Waals surface area contributed by atoms with Crippen LogP contribution in [-0.4, -0.2) is 55.6 Å². The lowest BCUT2D eigenvalue weighted by molar-refractivity contribution is -0.116. The summed E-state index contributed by atoms with van der Waals surface area (Å²) in [6, 6.07) is 18.4. The first kappa shape index (κ1) is 25.7. The van der Waals surface area contributed by atoms with E-state index in [1.54, 1.807) is 7.05 Å². The molecule has 172 valence electrons. The van der Waals surface area contributed by atoms with Gasteiger partial charge < -0.3 is 25.4 Å². The van der Waals surface area contributed by atoms with E-state index in [1.165, 1.54) is 10.9 Å². The zero-order valence-corrected chi connectivity index (χ0v) is 21.3. The fourth-order valence-corrected chi connectivity index (χ4v) is 3.44. The number of carbonyl (C=O) groups excluding carboxylic acids is 1. The number of hydrogen-bond acceptors (Lipinski definition) is 3. The average molecular weight is 548 g/mol. The first-order chi connectivity index (χ1) is 15.0. The van der Waals surface area contributed by atoms with Gasteiger partial charge in [0.25, 0.3) is 0 Å². The van der Waals surface area contributed by atoms with Crippen LogP contribution in [-0.2, 0) is 17.9 Å². The third kappa shape index (κ3) is 7.83. The number of anilines is 1. The summed E-state index contributed by atoms with van der Waals surface area (Å²) in [6.45, 7) is 2.76. The second-order valence-electron chi connectivity index (χ2n) is 7.76. The maximum absolute atomic E-state index is 12.0. The van der Waals surface area contributed by atoms with Crippen molar-refractivity contribution in [2.45, 2.75) is 19.5 Å². The van der Waals surface area contributed by atoms with Crippen LogP contribution >= 0.6 is 24.0 Å². The Morgan fingerprint density at radius 2 is 1.88 bits per heavy atom. The Morgan fingerprint density at radius 1 is 1.06 bits per heavy atom. The minimum absolute atomic E-state index is 0. The van der Waals surface area contributed by atoms with E-state index in [0.717, 1.165) is 36.7 Å². The van der Waals surface area contributed by atoms with Gasteiger partial charge in [-0.25, -0.2) is 0 Å². The predicted molar refractivity (Wildman–Crippen MR) is 144 cm³/mol. The van der Waals surface area contributed by atoms with Gasteiger partial charge in [-0.15, -0.1) is 24.0 Å². The number of para-hydroxylation sites is 1. The molecule has 0 atom stereocenters. The number of rotatable bonds is 9. The van der Waals surface area contributed by atoms with Crippen molar-refractivity contribution in [2.24, 2.45) is 4.99 Å². The van der Waals surface area contributed by atoms with Crippen LogP contribution in [0.5, 0.6) is 0 Å². The molecule has 8 heteroatoms. The Balaban J connectivity index is 0.00000363. The van der Waals surface area contributed by atoms with E-state index in [9.17, 15) is 4.79 Å². The molecule has 1 heterocycles. The van der Waals surface area contributed by atoms with Gasteiger partial charge in [0, 0.05) is 44.1 Å². The molecule has 2 aromatic carbocycles. The smallest absolute Gasteiger partial charge is 0.238 e. The molecule has 0 aliphatic heterocycles. The molecule has 0 radical (unpaired) electrons. The lowest BCUT2D eigenvalue weighted by Crippen LogP contribution is -2.37. The number of hydrogen-bond donors (Lipinski definition) is 3. The van der Waals surface area contributed by atoms with Crippen LogP contribution in [0.15, 0.2) is 65.8 Å². The number of aryl methyl sites for hydroxylation is 1. The Hall–Kier alpha value is -2.59. The molecule has 3 aromatic rings. The predicted octanol–water partition coefficient (Wildman–Crippen LogP) is 3.51. The van der Waals surface area contributed by atoms with E-state index in [2.05, 4.69) is 62.0 Å². The highest BCUT2D eigenvalue weighted by molar-refractivity contribution is 14.0. The van der Waals surface area contributed by atoms with E-state index in [-0.39, 0.29) is 29.9 Å². The summed E-state index contributed by atoms with van der Waals surface area (Å²) in [6.07, 6.45) is 3.13. The largest absolute Gasteiger partial charge is 0.356 e. The molecule has 3 N–H and O–H groups in total. The minimum Gasteiger partial charge on any atom is -0.356 e. The molecule has 3 rings (SSSR count). The molecular formula is C24H33IN6O. The number of aliphatic imine (C=N–C) groups is 1. The molecule has 1 amide bonds. The van der Waals surface area contributed by atoms with Crippen molar-refractivity contribution in [3.05, 3.63) is 66.4 Å². The van der Waals surface area contributed by atoms with E-state index in [1.807, 2.05) is 43.3 Å². The summed E-state index contributed by atoms with van der Waals surface area (Å²) in [5.74, 6) is 0.738. The lowest BCUT2D eigenvalue weighted by Gasteiger charge is -2.14. The van der Waals surface area contributed by atoms with E-state index < -0.39 is 0 Å². The highest BCUT2D eigenvalue weighted by Gasteiger charge is 2.05. The van der Waals surface area contributed by atoms with Gasteiger partial charge in [-0.2, -0.15) is 0 Å². The van der Waals surface area contributed by atoms with Crippen LogP contribution in [0.4, 0.5) is 5.69 Å². The van der Waals surface area contributed by atoms with Crippen molar-refractivity contribution in [3.63, 3.8) is 0 Å². The Labute approximate surface area is 207 Å². The summed E-state index contributed by atoms with van der Waals surface area (Å²) in [7, 11) is 5.52. The maximum atomic E-state index is 12.0. The number of carbonyl (C=O) groups is 1. The summed E-state index contributed by atoms with van der Waals surface area (Å²) >= 11 is 0. The van der Waals surface area contributed by atoms with Crippen LogP contribution in [0.1, 0.15) is 12.0 Å². The standard InChI is InChI=1S/C24H32N6O.HI/c1-25-24(26-13-7-14-30-15-12-20-9-4-5-11-22(20)30)27-17-19-8-6-10-21(16-19)28-23(31)18-29(2)3;/h4-6,8-12,15-16H,7,13-14,17-18H2,1-3H3,(H,28,31)(H2,25,26,27);1H. The molecule has 0 saturated heterocycles. The van der Waals surface area contributed by atoms with Crippen LogP contribution in [0.3, 0.4) is 0 Å². The summed E-state index contributed by atoms with van der Waals surface area (Å²) < 4.78 is 2.28. The third-order valence-corrected chi connectivity index (χ3v) is 4.90. The third-order valence-electron chi connectivity index (χ3n) is 4.90. The maximum Gasteiger partial charge on any atom is 0.238 e. The zero-order chi connectivity index (χ0) is 22.1. The molecule has 0 aliphatic rings. The van der Waals surface area contributed by atoms with Crippen molar-refractivity contribution in [1.82, 2.24) is 20.1 Å². The molecule has 32 heavy (non-hydrogen) atoms. The SMILES string of the molecule is CN=C(NCCCn1ccc2ccccc21)NCc1cccc(NC(=O)CN(C)C)c1.I. The highest BCUT2D eigenvalue weighted by Crippen LogP contribution is 2.15. The number of benzene rings is 2. The number of amides is 1. The van der Waals surface area contributed by atoms with E-state index >= 15 is 0 Å². The van der Waals surface area contributed by atoms with Crippen molar-refractivity contribution >= 4 is 52.4 Å². The number of aromatic nitrogens is 1. The van der Waals surface area contributed by atoms with Crippen LogP contribution in [0.25, 0.3) is 10.9 Å². The molecule has 0 bridgehead atoms. The first-order valence-corrected chi connectivity index (χ1v) is 10.6. The number of halogens is 1. The highest BCUT2D eigenvalue weighted by atomic mass is 127. The summed E-state index contributed by atoms with van der Waals surface area (Å²) in [5.41, 5.74) is 3.14. The van der Waals surface area contributed by atoms with Crippen LogP contribution in [0, 0.1) is 0 Å². The van der Waals surface area contributed by atoms with Gasteiger partial charge in [-0.1, -0.05) is 30.3 Å². The Kier molecular flexibility index (Phi) is 10.5. The Bertz CT molecular complexity index is 1030. The molecule has 0 saturated carbocycles. The van der Waals surface area contributed by atoms with Crippen molar-refractivity contribution in [1.29, 1.82) is 0 Å². The molecule has 1 aromatic heterocycles. The normalized spacial score (nSPS) is 11.3. The number of fused-ring (bicyclic) bond motifs is 1. The van der Waals surface area contributed by atoms with Crippen LogP contribution in [0.2, 0.25) is 0 Å². The molecule has 0 spiro atoms. The molecule has 0 unspecified atom stereocenters. The fraction of sp³-hybridized carbons (Fsp3) is 0.333. The van der Waals surface area contributed by atoms with Gasteiger partial charge >= 0.3 is 0 Å². The number of guanidine groups is 1. The van der Waals surface area contributed by atoms with Gasteiger partial charge in [0.2, 0.25) is 5.91 Å². The van der Waals surface area contributed by atoms with Gasteiger partial charge in [0.1, 0.15) is 0 Å². The fourth-order valence-electron chi connectivity index (χ4n) is 3.44. The zero-order valence-electron chi connectivity index (χ0n) is 19.0. The van der Waals surface area contributed by atoms with Crippen molar-refractivity contribution < 1.29 is 4.79 Å². The summed E-state index contributed by atoms with van der Waals surface area (Å²) in [5, 5.41) is 10.9. The van der Waals surface area contributed by atoms with E-state index in [4.69, 9.17) is 0 Å². The van der Waals surface area contributed by atoms with Crippen molar-refractivity contribution in [2.75, 3.05) is 39.5 Å². The van der Waals surface area contributed by atoms with Crippen LogP contribution < -0.4 is 16.0 Å². The van der Waals surface area contributed by atoms with Gasteiger partial charge in [-0.3, -0.25) is 9.79 Å². The number of likely N-dealkylation sites (N-methyl/N-ethyl adjacent to an activating group) is 1. The van der Waals surface area contributed by atoms with Gasteiger partial charge in [-0.05, 0) is 55.7 Å². The monoisotopic (exact) mass is 548 g/mol. The molecule has 7 nitrogen and oxygen atoms in total. The van der Waals surface area contributed by atoms with Gasteiger partial charge in [0.15, 0.2) is 5.96 Å². The molecule has 0 aliphatic carbocycles. The lowest BCUT2D eigenvalue weighted by atomic mass is 10.2. The molecule has 0 fully saturated rings. The van der Waals surface area contributed by atoms with Gasteiger partial charge in [0.05, 0.1) is 6.54 Å². The first-order valence-electron chi connectivity index (χ1n) is 10.6. The van der Waals surface area contributed by atoms with E-state index in [0.29, 0.717) is 13.1 Å². The second-order valence-corrected chi connectivity index (χ2v) is 7.76. The second kappa shape index (κ2) is 13.1. The molecular weight excluding hydrogens is 515 g/mol. The quantitative estimate of drug-likeness (QED) is 0.166. The number of nitrogens with one attached hydrogen (secondary N) is 3.